The van der Waals surface area contributed by atoms with Crippen molar-refractivity contribution in [3.8, 4) is 0 Å². The molecular formula is C17H23NO5S. The lowest BCUT2D eigenvalue weighted by atomic mass is 9.79. The molecule has 1 aliphatic carbocycles. The van der Waals surface area contributed by atoms with Gasteiger partial charge >= 0.3 is 11.9 Å². The van der Waals surface area contributed by atoms with Gasteiger partial charge in [-0.25, -0.2) is 4.79 Å². The van der Waals surface area contributed by atoms with Crippen LogP contribution < -0.4 is 5.32 Å². The monoisotopic (exact) mass is 353 g/mol. The van der Waals surface area contributed by atoms with Crippen LogP contribution in [0.1, 0.15) is 54.3 Å². The molecule has 1 aromatic rings. The van der Waals surface area contributed by atoms with Gasteiger partial charge in [0.15, 0.2) is 0 Å². The molecule has 24 heavy (non-hydrogen) atoms. The average molecular weight is 353 g/mol. The van der Waals surface area contributed by atoms with Gasteiger partial charge in [-0.15, -0.1) is 11.3 Å². The Balaban J connectivity index is 2.20. The number of ether oxygens (including phenoxy) is 1. The summed E-state index contributed by atoms with van der Waals surface area (Å²) in [6.07, 6.45) is 4.49. The Bertz CT molecular complexity index is 624. The van der Waals surface area contributed by atoms with Gasteiger partial charge in [-0.1, -0.05) is 26.2 Å². The number of aliphatic carboxylic acids is 1. The van der Waals surface area contributed by atoms with Crippen molar-refractivity contribution in [3.63, 3.8) is 0 Å². The van der Waals surface area contributed by atoms with Gasteiger partial charge in [-0.2, -0.15) is 0 Å². The van der Waals surface area contributed by atoms with E-state index in [1.165, 1.54) is 18.4 Å². The van der Waals surface area contributed by atoms with Crippen LogP contribution >= 0.6 is 11.3 Å². The van der Waals surface area contributed by atoms with Gasteiger partial charge in [0.25, 0.3) is 0 Å². The minimum absolute atomic E-state index is 0.322. The Morgan fingerprint density at radius 3 is 2.54 bits per heavy atom. The minimum atomic E-state index is -0.930. The van der Waals surface area contributed by atoms with E-state index in [-0.39, 0.29) is 5.91 Å². The van der Waals surface area contributed by atoms with Crippen molar-refractivity contribution in [1.82, 2.24) is 0 Å². The van der Waals surface area contributed by atoms with Crippen molar-refractivity contribution in [1.29, 1.82) is 0 Å². The number of anilines is 1. The van der Waals surface area contributed by atoms with E-state index in [2.05, 4.69) is 5.32 Å². The summed E-state index contributed by atoms with van der Waals surface area (Å²) in [7, 11) is 1.30. The van der Waals surface area contributed by atoms with Gasteiger partial charge in [0.05, 0.1) is 24.5 Å². The normalized spacial score (nSPS) is 20.4. The Morgan fingerprint density at radius 1 is 1.29 bits per heavy atom. The molecule has 6 nitrogen and oxygen atoms in total. The number of methoxy groups -OCH3 is 1. The SMILES string of the molecule is CCCc1cc(C(=O)OC)c(NC(=O)[C@H]2CCCC[C@@H]2C(=O)O)s1. The fourth-order valence-electron chi connectivity index (χ4n) is 3.11. The molecule has 0 saturated heterocycles. The Morgan fingerprint density at radius 2 is 1.96 bits per heavy atom. The fraction of sp³-hybridized carbons (Fsp3) is 0.588. The van der Waals surface area contributed by atoms with E-state index in [0.29, 0.717) is 23.4 Å². The van der Waals surface area contributed by atoms with Gasteiger partial charge in [0.2, 0.25) is 5.91 Å². The highest BCUT2D eigenvalue weighted by Crippen LogP contribution is 2.34. The van der Waals surface area contributed by atoms with Crippen molar-refractivity contribution in [2.45, 2.75) is 45.4 Å². The maximum atomic E-state index is 12.6. The summed E-state index contributed by atoms with van der Waals surface area (Å²) in [5, 5.41) is 12.6. The minimum Gasteiger partial charge on any atom is -0.481 e. The Hall–Kier alpha value is -1.89. The molecule has 1 aromatic heterocycles. The average Bonchev–Trinajstić information content (AvgIpc) is 2.96. The molecule has 0 radical (unpaired) electrons. The number of nitrogens with one attached hydrogen (secondary N) is 1. The quantitative estimate of drug-likeness (QED) is 0.765. The number of esters is 1. The Labute approximate surface area is 145 Å². The van der Waals surface area contributed by atoms with Gasteiger partial charge in [0, 0.05) is 4.88 Å². The second kappa shape index (κ2) is 8.28. The predicted octanol–water partition coefficient (Wildman–Crippen LogP) is 3.32. The summed E-state index contributed by atoms with van der Waals surface area (Å²) < 4.78 is 4.78. The molecule has 1 saturated carbocycles. The summed E-state index contributed by atoms with van der Waals surface area (Å²) >= 11 is 1.35. The van der Waals surface area contributed by atoms with Gasteiger partial charge < -0.3 is 15.2 Å². The molecule has 0 unspecified atom stereocenters. The number of carbonyl (C=O) groups excluding carboxylic acids is 2. The van der Waals surface area contributed by atoms with Crippen molar-refractivity contribution >= 4 is 34.2 Å². The third kappa shape index (κ3) is 4.14. The number of aryl methyl sites for hydroxylation is 1. The molecule has 2 atom stereocenters. The smallest absolute Gasteiger partial charge is 0.340 e. The van der Waals surface area contributed by atoms with E-state index in [4.69, 9.17) is 4.74 Å². The number of hydrogen-bond acceptors (Lipinski definition) is 5. The molecule has 0 bridgehead atoms. The standard InChI is InChI=1S/C17H23NO5S/c1-3-6-10-9-13(17(22)23-2)15(24-10)18-14(19)11-7-4-5-8-12(11)16(20)21/h9,11-12H,3-8H2,1-2H3,(H,18,19)(H,20,21)/t11-,12-/m0/s1. The van der Waals surface area contributed by atoms with E-state index < -0.39 is 23.8 Å². The number of amides is 1. The second-order valence-electron chi connectivity index (χ2n) is 6.02. The first-order valence-electron chi connectivity index (χ1n) is 8.22. The third-order valence-electron chi connectivity index (χ3n) is 4.34. The number of thiophene rings is 1. The highest BCUT2D eigenvalue weighted by atomic mass is 32.1. The highest BCUT2D eigenvalue weighted by Gasteiger charge is 2.36. The molecule has 0 aliphatic heterocycles. The van der Waals surface area contributed by atoms with Crippen molar-refractivity contribution in [2.75, 3.05) is 12.4 Å². The summed E-state index contributed by atoms with van der Waals surface area (Å²) in [6.45, 7) is 2.04. The molecular weight excluding hydrogens is 330 g/mol. The fourth-order valence-corrected chi connectivity index (χ4v) is 4.26. The molecule has 0 spiro atoms. The van der Waals surface area contributed by atoms with Gasteiger partial charge in [-0.3, -0.25) is 9.59 Å². The third-order valence-corrected chi connectivity index (χ3v) is 5.45. The van der Waals surface area contributed by atoms with E-state index in [0.717, 1.165) is 30.6 Å². The first kappa shape index (κ1) is 18.4. The maximum Gasteiger partial charge on any atom is 0.340 e. The molecule has 1 heterocycles. The lowest BCUT2D eigenvalue weighted by molar-refractivity contribution is -0.147. The van der Waals surface area contributed by atoms with Gasteiger partial charge in [-0.05, 0) is 25.3 Å². The zero-order chi connectivity index (χ0) is 17.7. The van der Waals surface area contributed by atoms with Crippen LogP contribution in [0.3, 0.4) is 0 Å². The molecule has 2 rings (SSSR count). The number of carboxylic acid groups (broad SMARTS) is 1. The molecule has 7 heteroatoms. The topological polar surface area (TPSA) is 92.7 Å². The number of hydrogen-bond donors (Lipinski definition) is 2. The highest BCUT2D eigenvalue weighted by molar-refractivity contribution is 7.16. The zero-order valence-corrected chi connectivity index (χ0v) is 14.8. The molecule has 1 fully saturated rings. The largest absolute Gasteiger partial charge is 0.481 e. The van der Waals surface area contributed by atoms with Crippen LogP contribution in [-0.2, 0) is 20.7 Å². The Kier molecular flexibility index (Phi) is 6.36. The van der Waals surface area contributed by atoms with Crippen LogP contribution in [0.2, 0.25) is 0 Å². The molecule has 2 N–H and O–H groups in total. The number of carbonyl (C=O) groups is 3. The summed E-state index contributed by atoms with van der Waals surface area (Å²) in [4.78, 5) is 36.9. The van der Waals surface area contributed by atoms with Crippen LogP contribution in [0.25, 0.3) is 0 Å². The number of carboxylic acids is 1. The van der Waals surface area contributed by atoms with E-state index in [1.807, 2.05) is 6.92 Å². The zero-order valence-electron chi connectivity index (χ0n) is 14.0. The molecule has 0 aromatic carbocycles. The van der Waals surface area contributed by atoms with E-state index >= 15 is 0 Å². The van der Waals surface area contributed by atoms with Crippen molar-refractivity contribution in [3.05, 3.63) is 16.5 Å². The van der Waals surface area contributed by atoms with Crippen molar-refractivity contribution in [2.24, 2.45) is 11.8 Å². The second-order valence-corrected chi connectivity index (χ2v) is 7.16. The van der Waals surface area contributed by atoms with E-state index in [9.17, 15) is 19.5 Å². The predicted molar refractivity (Wildman–Crippen MR) is 91.4 cm³/mol. The molecule has 1 aliphatic rings. The first-order chi connectivity index (χ1) is 11.5. The van der Waals surface area contributed by atoms with E-state index in [1.54, 1.807) is 6.07 Å². The van der Waals surface area contributed by atoms with Crippen LogP contribution in [-0.4, -0.2) is 30.1 Å². The molecule has 132 valence electrons. The number of rotatable bonds is 6. The van der Waals surface area contributed by atoms with Crippen molar-refractivity contribution < 1.29 is 24.2 Å². The summed E-state index contributed by atoms with van der Waals surface area (Å²) in [5.74, 6) is -2.96. The maximum absolute atomic E-state index is 12.6. The van der Waals surface area contributed by atoms with Gasteiger partial charge in [0.1, 0.15) is 5.00 Å². The summed E-state index contributed by atoms with van der Waals surface area (Å²) in [6, 6.07) is 1.74. The van der Waals surface area contributed by atoms with Crippen LogP contribution in [0.5, 0.6) is 0 Å². The van der Waals surface area contributed by atoms with Crippen LogP contribution in [0.15, 0.2) is 6.07 Å². The first-order valence-corrected chi connectivity index (χ1v) is 9.04. The lowest BCUT2D eigenvalue weighted by Crippen LogP contribution is -2.36. The van der Waals surface area contributed by atoms with Crippen LogP contribution in [0, 0.1) is 11.8 Å². The molecule has 1 amide bonds. The van der Waals surface area contributed by atoms with Crippen LogP contribution in [0.4, 0.5) is 5.00 Å². The summed E-state index contributed by atoms with van der Waals surface area (Å²) in [5.41, 5.74) is 0.335. The lowest BCUT2D eigenvalue weighted by Gasteiger charge is -2.27.